The van der Waals surface area contributed by atoms with Crippen molar-refractivity contribution in [2.24, 2.45) is 0 Å². The molecule has 116 valence electrons. The summed E-state index contributed by atoms with van der Waals surface area (Å²) in [5.41, 5.74) is 5.13. The van der Waals surface area contributed by atoms with Gasteiger partial charge >= 0.3 is 0 Å². The molecule has 3 aromatic carbocycles. The van der Waals surface area contributed by atoms with Gasteiger partial charge in [0.2, 0.25) is 5.43 Å². The zero-order valence-corrected chi connectivity index (χ0v) is 13.6. The Morgan fingerprint density at radius 3 is 2.17 bits per heavy atom. The van der Waals surface area contributed by atoms with Crippen molar-refractivity contribution in [3.63, 3.8) is 0 Å². The zero-order chi connectivity index (χ0) is 16.6. The second-order valence-electron chi connectivity index (χ2n) is 5.88. The SMILES string of the molecule is CCc1ccc(Nc2c(-c3ccc(C)c(C)c3)c(=O)c2=O)cc1. The van der Waals surface area contributed by atoms with Crippen LogP contribution in [0.15, 0.2) is 52.1 Å². The van der Waals surface area contributed by atoms with Crippen molar-refractivity contribution in [3.05, 3.63) is 79.6 Å². The molecule has 3 heteroatoms. The largest absolute Gasteiger partial charge is 0.352 e. The molecule has 0 fully saturated rings. The number of benzene rings is 2. The van der Waals surface area contributed by atoms with Gasteiger partial charge in [0.15, 0.2) is 0 Å². The summed E-state index contributed by atoms with van der Waals surface area (Å²) in [5, 5.41) is 3.10. The minimum atomic E-state index is -0.446. The highest BCUT2D eigenvalue weighted by Crippen LogP contribution is 2.28. The smallest absolute Gasteiger partial charge is 0.250 e. The zero-order valence-electron chi connectivity index (χ0n) is 13.6. The quantitative estimate of drug-likeness (QED) is 0.744. The molecule has 0 radical (unpaired) electrons. The van der Waals surface area contributed by atoms with Crippen LogP contribution in [0.4, 0.5) is 11.4 Å². The molecule has 0 heterocycles. The van der Waals surface area contributed by atoms with Gasteiger partial charge in [-0.15, -0.1) is 0 Å². The Morgan fingerprint density at radius 2 is 1.57 bits per heavy atom. The fourth-order valence-electron chi connectivity index (χ4n) is 2.65. The Labute approximate surface area is 135 Å². The molecule has 0 bridgehead atoms. The standard InChI is InChI=1S/C20H19NO2/c1-4-14-6-9-16(10-7-14)21-18-17(19(22)20(18)23)15-8-5-12(2)13(3)11-15/h5-11,21H,4H2,1-3H3. The highest BCUT2D eigenvalue weighted by atomic mass is 16.2. The van der Waals surface area contributed by atoms with Crippen LogP contribution in [-0.2, 0) is 6.42 Å². The minimum absolute atomic E-state index is 0.391. The minimum Gasteiger partial charge on any atom is -0.352 e. The van der Waals surface area contributed by atoms with E-state index in [1.54, 1.807) is 0 Å². The second kappa shape index (κ2) is 5.84. The average molecular weight is 305 g/mol. The third-order valence-electron chi connectivity index (χ3n) is 4.34. The van der Waals surface area contributed by atoms with E-state index in [9.17, 15) is 9.59 Å². The third-order valence-corrected chi connectivity index (χ3v) is 4.34. The van der Waals surface area contributed by atoms with Gasteiger partial charge in [-0.25, -0.2) is 0 Å². The van der Waals surface area contributed by atoms with Crippen molar-refractivity contribution in [2.75, 3.05) is 5.32 Å². The van der Waals surface area contributed by atoms with E-state index < -0.39 is 10.9 Å². The van der Waals surface area contributed by atoms with E-state index in [1.807, 2.05) is 56.3 Å². The van der Waals surface area contributed by atoms with Gasteiger partial charge in [0.25, 0.3) is 5.43 Å². The van der Waals surface area contributed by atoms with Gasteiger partial charge in [-0.3, -0.25) is 9.59 Å². The van der Waals surface area contributed by atoms with E-state index in [0.717, 1.165) is 28.8 Å². The number of anilines is 2. The maximum atomic E-state index is 12.0. The molecule has 3 rings (SSSR count). The molecule has 0 unspecified atom stereocenters. The molecule has 23 heavy (non-hydrogen) atoms. The van der Waals surface area contributed by atoms with Crippen LogP contribution in [0, 0.1) is 13.8 Å². The predicted molar refractivity (Wildman–Crippen MR) is 95.4 cm³/mol. The predicted octanol–water partition coefficient (Wildman–Crippen LogP) is 3.87. The van der Waals surface area contributed by atoms with E-state index in [4.69, 9.17) is 0 Å². The summed E-state index contributed by atoms with van der Waals surface area (Å²) in [6.45, 7) is 6.12. The lowest BCUT2D eigenvalue weighted by Crippen LogP contribution is -2.35. The molecule has 0 atom stereocenters. The van der Waals surface area contributed by atoms with Gasteiger partial charge < -0.3 is 5.32 Å². The molecule has 0 spiro atoms. The summed E-state index contributed by atoms with van der Waals surface area (Å²) in [4.78, 5) is 24.0. The van der Waals surface area contributed by atoms with Crippen molar-refractivity contribution in [2.45, 2.75) is 27.2 Å². The normalized spacial score (nSPS) is 10.9. The number of hydrogen-bond acceptors (Lipinski definition) is 3. The first-order valence-corrected chi connectivity index (χ1v) is 7.78. The van der Waals surface area contributed by atoms with Crippen LogP contribution < -0.4 is 16.2 Å². The summed E-state index contributed by atoms with van der Waals surface area (Å²) in [6, 6.07) is 13.7. The van der Waals surface area contributed by atoms with Crippen molar-refractivity contribution < 1.29 is 0 Å². The van der Waals surface area contributed by atoms with E-state index >= 15 is 0 Å². The van der Waals surface area contributed by atoms with E-state index in [1.165, 1.54) is 5.56 Å². The third kappa shape index (κ3) is 2.70. The maximum absolute atomic E-state index is 12.0. The van der Waals surface area contributed by atoms with Crippen LogP contribution >= 0.6 is 0 Å². The Bertz CT molecular complexity index is 929. The van der Waals surface area contributed by atoms with Crippen LogP contribution in [0.2, 0.25) is 0 Å². The van der Waals surface area contributed by atoms with E-state index in [2.05, 4.69) is 12.2 Å². The summed E-state index contributed by atoms with van der Waals surface area (Å²) in [7, 11) is 0. The van der Waals surface area contributed by atoms with Gasteiger partial charge in [-0.2, -0.15) is 0 Å². The fourth-order valence-corrected chi connectivity index (χ4v) is 2.65. The Balaban J connectivity index is 1.97. The van der Waals surface area contributed by atoms with Gasteiger partial charge in [0.05, 0.1) is 5.56 Å². The molecule has 0 aliphatic carbocycles. The molecule has 0 aliphatic heterocycles. The summed E-state index contributed by atoms with van der Waals surface area (Å²) < 4.78 is 0. The first-order chi connectivity index (χ1) is 11.0. The van der Waals surface area contributed by atoms with Crippen molar-refractivity contribution >= 4 is 11.4 Å². The fraction of sp³-hybridized carbons (Fsp3) is 0.200. The van der Waals surface area contributed by atoms with E-state index in [0.29, 0.717) is 11.3 Å². The van der Waals surface area contributed by atoms with Crippen LogP contribution in [0.1, 0.15) is 23.6 Å². The Hall–Kier alpha value is -2.68. The highest BCUT2D eigenvalue weighted by Gasteiger charge is 2.22. The van der Waals surface area contributed by atoms with Crippen LogP contribution in [-0.4, -0.2) is 0 Å². The molecule has 1 N–H and O–H groups in total. The van der Waals surface area contributed by atoms with Crippen LogP contribution in [0.5, 0.6) is 0 Å². The van der Waals surface area contributed by atoms with Crippen molar-refractivity contribution in [1.82, 2.24) is 0 Å². The molecule has 0 amide bonds. The summed E-state index contributed by atoms with van der Waals surface area (Å²) in [5.74, 6) is 0. The molecular formula is C20H19NO2. The summed E-state index contributed by atoms with van der Waals surface area (Å²) in [6.07, 6.45) is 0.967. The first kappa shape index (κ1) is 15.2. The molecular weight excluding hydrogens is 286 g/mol. The summed E-state index contributed by atoms with van der Waals surface area (Å²) >= 11 is 0. The number of aryl methyl sites for hydroxylation is 3. The lowest BCUT2D eigenvalue weighted by atomic mass is 9.95. The lowest BCUT2D eigenvalue weighted by Gasteiger charge is -2.14. The van der Waals surface area contributed by atoms with Gasteiger partial charge in [0, 0.05) is 5.69 Å². The van der Waals surface area contributed by atoms with E-state index in [-0.39, 0.29) is 0 Å². The average Bonchev–Trinajstić information content (AvgIpc) is 2.57. The Kier molecular flexibility index (Phi) is 3.87. The molecule has 3 nitrogen and oxygen atoms in total. The first-order valence-electron chi connectivity index (χ1n) is 7.78. The maximum Gasteiger partial charge on any atom is 0.250 e. The number of hydrogen-bond donors (Lipinski definition) is 1. The second-order valence-corrected chi connectivity index (χ2v) is 5.88. The monoisotopic (exact) mass is 305 g/mol. The van der Waals surface area contributed by atoms with Crippen LogP contribution in [0.25, 0.3) is 11.1 Å². The van der Waals surface area contributed by atoms with Gasteiger partial charge in [0.1, 0.15) is 5.69 Å². The molecule has 0 saturated heterocycles. The number of nitrogens with one attached hydrogen (secondary N) is 1. The number of rotatable bonds is 4. The van der Waals surface area contributed by atoms with Crippen molar-refractivity contribution in [1.29, 1.82) is 0 Å². The van der Waals surface area contributed by atoms with Crippen LogP contribution in [0.3, 0.4) is 0 Å². The topological polar surface area (TPSA) is 46.2 Å². The van der Waals surface area contributed by atoms with Gasteiger partial charge in [-0.05, 0) is 54.7 Å². The van der Waals surface area contributed by atoms with Crippen molar-refractivity contribution in [3.8, 4) is 11.1 Å². The highest BCUT2D eigenvalue weighted by molar-refractivity contribution is 5.85. The molecule has 0 aliphatic rings. The molecule has 0 aromatic heterocycles. The van der Waals surface area contributed by atoms with Gasteiger partial charge in [-0.1, -0.05) is 37.3 Å². The molecule has 3 aromatic rings. The Morgan fingerprint density at radius 1 is 0.870 bits per heavy atom. The lowest BCUT2D eigenvalue weighted by molar-refractivity contribution is 1.14. The molecule has 0 saturated carbocycles.